The number of hydrogen-bond acceptors (Lipinski definition) is 3. The third-order valence-corrected chi connectivity index (χ3v) is 6.77. The van der Waals surface area contributed by atoms with Crippen LogP contribution in [0, 0.1) is 31.3 Å². The van der Waals surface area contributed by atoms with Crippen LogP contribution < -0.4 is 0 Å². The molecule has 0 spiro atoms. The Morgan fingerprint density at radius 3 is 2.25 bits per heavy atom. The predicted molar refractivity (Wildman–Crippen MR) is 114 cm³/mol. The highest BCUT2D eigenvalue weighted by atomic mass is 19.2. The first-order chi connectivity index (χ1) is 15.3. The van der Waals surface area contributed by atoms with Gasteiger partial charge >= 0.3 is 0 Å². The molecule has 1 amide bonds. The molecule has 4 rings (SSSR count). The van der Waals surface area contributed by atoms with E-state index in [9.17, 15) is 22.8 Å². The number of Topliss-reactive ketones (excluding diaryl/α,β-unsaturated/α-hetero) is 1. The van der Waals surface area contributed by atoms with Gasteiger partial charge in [0.1, 0.15) is 0 Å². The first-order valence-corrected chi connectivity index (χ1v) is 11.1. The maximum atomic E-state index is 14.0. The van der Waals surface area contributed by atoms with Gasteiger partial charge in [-0.15, -0.1) is 0 Å². The zero-order chi connectivity index (χ0) is 23.0. The molecule has 0 unspecified atom stereocenters. The van der Waals surface area contributed by atoms with E-state index in [1.807, 2.05) is 24.8 Å². The molecule has 0 radical (unpaired) electrons. The van der Waals surface area contributed by atoms with E-state index in [1.165, 1.54) is 17.7 Å². The van der Waals surface area contributed by atoms with E-state index < -0.39 is 28.9 Å². The van der Waals surface area contributed by atoms with Gasteiger partial charge in [0.2, 0.25) is 0 Å². The Morgan fingerprint density at radius 2 is 1.59 bits per heavy atom. The molecule has 32 heavy (non-hydrogen) atoms. The van der Waals surface area contributed by atoms with Crippen LogP contribution in [0.5, 0.6) is 0 Å². The van der Waals surface area contributed by atoms with E-state index >= 15 is 0 Å². The Labute approximate surface area is 185 Å². The van der Waals surface area contributed by atoms with E-state index in [0.717, 1.165) is 41.9 Å². The zero-order valence-corrected chi connectivity index (χ0v) is 18.5. The lowest BCUT2D eigenvalue weighted by molar-refractivity contribution is 0.0619. The normalized spacial score (nSPS) is 17.8. The fraction of sp³-hybridized carbons (Fsp3) is 0.500. The Bertz CT molecular complexity index is 1040. The fourth-order valence-corrected chi connectivity index (χ4v) is 5.04. The van der Waals surface area contributed by atoms with Crippen LogP contribution in [-0.2, 0) is 0 Å². The Kier molecular flexibility index (Phi) is 6.42. The monoisotopic (exact) mass is 447 g/mol. The summed E-state index contributed by atoms with van der Waals surface area (Å²) < 4.78 is 42.9. The van der Waals surface area contributed by atoms with E-state index in [1.54, 1.807) is 0 Å². The van der Waals surface area contributed by atoms with Gasteiger partial charge in [-0.25, -0.2) is 13.2 Å². The second-order valence-corrected chi connectivity index (χ2v) is 8.81. The van der Waals surface area contributed by atoms with Crippen molar-refractivity contribution in [1.29, 1.82) is 0 Å². The molecule has 0 atom stereocenters. The first kappa shape index (κ1) is 22.6. The number of aromatic nitrogens is 1. The molecule has 5 nitrogen and oxygen atoms in total. The molecular formula is C24H28F3N3O2. The Morgan fingerprint density at radius 1 is 0.938 bits per heavy atom. The van der Waals surface area contributed by atoms with Crippen molar-refractivity contribution in [1.82, 2.24) is 14.4 Å². The van der Waals surface area contributed by atoms with Crippen LogP contribution >= 0.6 is 0 Å². The van der Waals surface area contributed by atoms with Gasteiger partial charge < -0.3 is 9.47 Å². The molecule has 1 saturated carbocycles. The Balaban J connectivity index is 1.37. The molecule has 1 aromatic heterocycles. The van der Waals surface area contributed by atoms with Crippen molar-refractivity contribution < 1.29 is 22.8 Å². The van der Waals surface area contributed by atoms with Gasteiger partial charge in [0.15, 0.2) is 23.2 Å². The largest absolute Gasteiger partial charge is 0.345 e. The van der Waals surface area contributed by atoms with Gasteiger partial charge in [-0.1, -0.05) is 12.8 Å². The van der Waals surface area contributed by atoms with Gasteiger partial charge in [-0.05, 0) is 44.9 Å². The Hall–Kier alpha value is -2.61. The lowest BCUT2D eigenvalue weighted by atomic mass is 10.1. The number of carbonyl (C=O) groups is 2. The molecule has 1 aliphatic heterocycles. The fourth-order valence-electron chi connectivity index (χ4n) is 5.04. The molecular weight excluding hydrogens is 419 g/mol. The number of halogens is 3. The van der Waals surface area contributed by atoms with Crippen LogP contribution in [0.25, 0.3) is 0 Å². The second kappa shape index (κ2) is 9.10. The minimum Gasteiger partial charge on any atom is -0.345 e. The smallest absolute Gasteiger partial charge is 0.257 e. The highest BCUT2D eigenvalue weighted by Crippen LogP contribution is 2.33. The summed E-state index contributed by atoms with van der Waals surface area (Å²) in [5, 5.41) is 0. The minimum absolute atomic E-state index is 0.0498. The average Bonchev–Trinajstić information content (AvgIpc) is 3.39. The minimum atomic E-state index is -1.64. The van der Waals surface area contributed by atoms with Gasteiger partial charge in [0, 0.05) is 49.2 Å². The summed E-state index contributed by atoms with van der Waals surface area (Å²) in [5.74, 6) is -5.06. The number of aryl methyl sites for hydroxylation is 1. The van der Waals surface area contributed by atoms with Crippen molar-refractivity contribution >= 4 is 11.7 Å². The summed E-state index contributed by atoms with van der Waals surface area (Å²) in [6.45, 7) is 5.76. The zero-order valence-electron chi connectivity index (χ0n) is 18.5. The molecule has 0 N–H and O–H groups in total. The molecule has 2 aliphatic rings. The summed E-state index contributed by atoms with van der Waals surface area (Å²) in [5.41, 5.74) is 2.40. The highest BCUT2D eigenvalue weighted by Gasteiger charge is 2.28. The highest BCUT2D eigenvalue weighted by molar-refractivity contribution is 5.99. The molecule has 1 aromatic carbocycles. The quantitative estimate of drug-likeness (QED) is 0.508. The van der Waals surface area contributed by atoms with Crippen LogP contribution in [0.1, 0.15) is 63.8 Å². The summed E-state index contributed by atoms with van der Waals surface area (Å²) in [6.07, 6.45) is 4.75. The first-order valence-electron chi connectivity index (χ1n) is 11.1. The van der Waals surface area contributed by atoms with Crippen LogP contribution in [0.15, 0.2) is 18.2 Å². The molecule has 1 saturated heterocycles. The van der Waals surface area contributed by atoms with Crippen LogP contribution in [0.2, 0.25) is 0 Å². The molecule has 2 fully saturated rings. The lowest BCUT2D eigenvalue weighted by Crippen LogP contribution is -2.50. The maximum absolute atomic E-state index is 14.0. The molecule has 1 aliphatic carbocycles. The average molecular weight is 448 g/mol. The number of piperazine rings is 1. The van der Waals surface area contributed by atoms with Crippen molar-refractivity contribution in [3.8, 4) is 0 Å². The van der Waals surface area contributed by atoms with Gasteiger partial charge in [0.25, 0.3) is 5.91 Å². The molecule has 2 aromatic rings. The molecule has 172 valence electrons. The predicted octanol–water partition coefficient (Wildman–Crippen LogP) is 4.28. The van der Waals surface area contributed by atoms with E-state index in [2.05, 4.69) is 4.57 Å². The van der Waals surface area contributed by atoms with Crippen molar-refractivity contribution in [2.24, 2.45) is 0 Å². The van der Waals surface area contributed by atoms with Crippen LogP contribution in [-0.4, -0.2) is 58.8 Å². The summed E-state index contributed by atoms with van der Waals surface area (Å²) in [7, 11) is 0. The lowest BCUT2D eigenvalue weighted by Gasteiger charge is -2.34. The van der Waals surface area contributed by atoms with Crippen LogP contribution in [0.4, 0.5) is 13.2 Å². The summed E-state index contributed by atoms with van der Waals surface area (Å²) >= 11 is 0. The summed E-state index contributed by atoms with van der Waals surface area (Å²) in [6, 6.07) is 4.17. The van der Waals surface area contributed by atoms with E-state index in [0.29, 0.717) is 19.1 Å². The topological polar surface area (TPSA) is 45.6 Å². The van der Waals surface area contributed by atoms with Gasteiger partial charge in [-0.2, -0.15) is 0 Å². The number of hydrogen-bond donors (Lipinski definition) is 0. The number of rotatable bonds is 5. The number of benzene rings is 1. The second-order valence-electron chi connectivity index (χ2n) is 8.81. The SMILES string of the molecule is Cc1cc(C(=O)CN2CCN(C(=O)c3ccc(F)c(F)c3F)CC2)c(C)n1C1CCCC1. The van der Waals surface area contributed by atoms with Crippen molar-refractivity contribution in [2.75, 3.05) is 32.7 Å². The van der Waals surface area contributed by atoms with Crippen molar-refractivity contribution in [2.45, 2.75) is 45.6 Å². The summed E-state index contributed by atoms with van der Waals surface area (Å²) in [4.78, 5) is 28.9. The van der Waals surface area contributed by atoms with Crippen molar-refractivity contribution in [3.63, 3.8) is 0 Å². The molecule has 8 heteroatoms. The van der Waals surface area contributed by atoms with E-state index in [4.69, 9.17) is 0 Å². The van der Waals surface area contributed by atoms with E-state index in [-0.39, 0.29) is 25.4 Å². The van der Waals surface area contributed by atoms with Crippen LogP contribution in [0.3, 0.4) is 0 Å². The van der Waals surface area contributed by atoms with Gasteiger partial charge in [-0.3, -0.25) is 14.5 Å². The number of carbonyl (C=O) groups excluding carboxylic acids is 2. The third-order valence-electron chi connectivity index (χ3n) is 6.77. The van der Waals surface area contributed by atoms with Gasteiger partial charge in [0.05, 0.1) is 12.1 Å². The molecule has 2 heterocycles. The molecule has 0 bridgehead atoms. The number of ketones is 1. The van der Waals surface area contributed by atoms with Crippen molar-refractivity contribution in [3.05, 3.63) is 58.2 Å². The number of amides is 1. The third kappa shape index (κ3) is 4.20. The standard InChI is InChI=1S/C24H28F3N3O2/c1-15-13-19(16(2)30(15)17-5-3-4-6-17)21(31)14-28-9-11-29(12-10-28)24(32)18-7-8-20(25)23(27)22(18)26/h7-8,13,17H,3-6,9-12,14H2,1-2H3. The number of nitrogens with zero attached hydrogens (tertiary/aromatic N) is 3. The maximum Gasteiger partial charge on any atom is 0.257 e.